The Morgan fingerprint density at radius 3 is 2.88 bits per heavy atom. The summed E-state index contributed by atoms with van der Waals surface area (Å²) in [5, 5.41) is 15.9. The Morgan fingerprint density at radius 1 is 1.24 bits per heavy atom. The molecule has 0 fully saturated rings. The maximum absolute atomic E-state index is 12.0. The van der Waals surface area contributed by atoms with Gasteiger partial charge in [-0.1, -0.05) is 47.6 Å². The van der Waals surface area contributed by atoms with Gasteiger partial charge in [0.25, 0.3) is 0 Å². The lowest BCUT2D eigenvalue weighted by atomic mass is 10.2. The van der Waals surface area contributed by atoms with Gasteiger partial charge in [-0.2, -0.15) is 4.68 Å². The number of anilines is 1. The van der Waals surface area contributed by atoms with Crippen LogP contribution in [0, 0.1) is 6.92 Å². The highest BCUT2D eigenvalue weighted by molar-refractivity contribution is 7.99. The van der Waals surface area contributed by atoms with Crippen LogP contribution in [0.1, 0.15) is 12.0 Å². The first kappa shape index (κ1) is 17.4. The van der Waals surface area contributed by atoms with Crippen molar-refractivity contribution in [3.63, 3.8) is 0 Å². The number of thioether (sulfide) groups is 1. The van der Waals surface area contributed by atoms with Crippen LogP contribution in [-0.4, -0.2) is 31.9 Å². The summed E-state index contributed by atoms with van der Waals surface area (Å²) in [6.45, 7) is 2.00. The molecule has 0 aliphatic heterocycles. The molecule has 1 amide bonds. The molecule has 0 atom stereocenters. The second-order valence-corrected chi connectivity index (χ2v) is 6.82. The van der Waals surface area contributed by atoms with Gasteiger partial charge < -0.3 is 5.32 Å². The zero-order valence-electron chi connectivity index (χ0n) is 13.5. The van der Waals surface area contributed by atoms with Crippen molar-refractivity contribution in [1.82, 2.24) is 20.2 Å². The third-order valence-electron chi connectivity index (χ3n) is 3.45. The van der Waals surface area contributed by atoms with Crippen LogP contribution in [0.15, 0.2) is 53.7 Å². The van der Waals surface area contributed by atoms with E-state index in [2.05, 4.69) is 20.8 Å². The van der Waals surface area contributed by atoms with Gasteiger partial charge in [-0.25, -0.2) is 0 Å². The topological polar surface area (TPSA) is 72.7 Å². The van der Waals surface area contributed by atoms with Crippen LogP contribution < -0.4 is 5.32 Å². The summed E-state index contributed by atoms with van der Waals surface area (Å²) in [6, 6.07) is 14.9. The zero-order chi connectivity index (χ0) is 17.6. The number of para-hydroxylation sites is 1. The smallest absolute Gasteiger partial charge is 0.225 e. The molecular formula is C17H16ClN5OS. The van der Waals surface area contributed by atoms with Gasteiger partial charge in [-0.15, -0.1) is 5.10 Å². The summed E-state index contributed by atoms with van der Waals surface area (Å²) >= 11 is 7.35. The highest BCUT2D eigenvalue weighted by Gasteiger charge is 2.11. The van der Waals surface area contributed by atoms with Crippen molar-refractivity contribution >= 4 is 35.0 Å². The Kier molecular flexibility index (Phi) is 5.67. The fourth-order valence-electron chi connectivity index (χ4n) is 2.25. The molecule has 25 heavy (non-hydrogen) atoms. The summed E-state index contributed by atoms with van der Waals surface area (Å²) in [5.74, 6) is 0.489. The van der Waals surface area contributed by atoms with E-state index in [1.165, 1.54) is 11.8 Å². The number of halogens is 1. The molecule has 2 aromatic carbocycles. The average molecular weight is 374 g/mol. The monoisotopic (exact) mass is 373 g/mol. The first-order valence-electron chi connectivity index (χ1n) is 7.66. The van der Waals surface area contributed by atoms with Crippen molar-refractivity contribution in [1.29, 1.82) is 0 Å². The minimum absolute atomic E-state index is 0.0790. The molecule has 0 saturated heterocycles. The molecule has 1 heterocycles. The molecule has 6 nitrogen and oxygen atoms in total. The van der Waals surface area contributed by atoms with Crippen LogP contribution in [0.4, 0.5) is 5.69 Å². The van der Waals surface area contributed by atoms with Crippen LogP contribution in [0.3, 0.4) is 0 Å². The zero-order valence-corrected chi connectivity index (χ0v) is 15.1. The molecule has 1 N–H and O–H groups in total. The molecule has 3 rings (SSSR count). The quantitative estimate of drug-likeness (QED) is 0.666. The Morgan fingerprint density at radius 2 is 2.08 bits per heavy atom. The fraction of sp³-hybridized carbons (Fsp3) is 0.176. The van der Waals surface area contributed by atoms with Crippen LogP contribution in [0.5, 0.6) is 0 Å². The number of nitrogens with zero attached hydrogens (tertiary/aromatic N) is 4. The van der Waals surface area contributed by atoms with Gasteiger partial charge in [-0.3, -0.25) is 4.79 Å². The molecule has 0 saturated carbocycles. The van der Waals surface area contributed by atoms with E-state index in [-0.39, 0.29) is 5.91 Å². The van der Waals surface area contributed by atoms with Gasteiger partial charge in [0, 0.05) is 22.9 Å². The van der Waals surface area contributed by atoms with E-state index in [0.29, 0.717) is 28.0 Å². The summed E-state index contributed by atoms with van der Waals surface area (Å²) in [6.07, 6.45) is 0.345. The molecule has 0 unspecified atom stereocenters. The average Bonchev–Trinajstić information content (AvgIpc) is 3.03. The highest BCUT2D eigenvalue weighted by atomic mass is 35.5. The van der Waals surface area contributed by atoms with Crippen molar-refractivity contribution in [2.24, 2.45) is 0 Å². The number of amides is 1. The van der Waals surface area contributed by atoms with Gasteiger partial charge in [0.15, 0.2) is 0 Å². The van der Waals surface area contributed by atoms with Crippen LogP contribution in [0.2, 0.25) is 5.02 Å². The molecule has 3 aromatic rings. The van der Waals surface area contributed by atoms with Gasteiger partial charge >= 0.3 is 0 Å². The minimum Gasteiger partial charge on any atom is -0.326 e. The minimum atomic E-state index is -0.0790. The Bertz CT molecular complexity index is 883. The predicted octanol–water partition coefficient (Wildman–Crippen LogP) is 3.75. The molecule has 1 aromatic heterocycles. The summed E-state index contributed by atoms with van der Waals surface area (Å²) in [4.78, 5) is 12.0. The number of nitrogens with one attached hydrogen (secondary N) is 1. The van der Waals surface area contributed by atoms with E-state index < -0.39 is 0 Å². The molecular weight excluding hydrogens is 358 g/mol. The van der Waals surface area contributed by atoms with E-state index >= 15 is 0 Å². The number of carbonyl (C=O) groups excluding carboxylic acids is 1. The third-order valence-corrected chi connectivity index (χ3v) is 4.61. The van der Waals surface area contributed by atoms with Gasteiger partial charge in [-0.05, 0) is 47.2 Å². The second kappa shape index (κ2) is 8.13. The van der Waals surface area contributed by atoms with Crippen LogP contribution >= 0.6 is 23.4 Å². The Hall–Kier alpha value is -2.38. The first-order valence-corrected chi connectivity index (χ1v) is 9.02. The number of tetrazole rings is 1. The molecule has 0 bridgehead atoms. The first-order chi connectivity index (χ1) is 12.1. The number of aromatic nitrogens is 4. The van der Waals surface area contributed by atoms with E-state index in [1.54, 1.807) is 28.9 Å². The largest absolute Gasteiger partial charge is 0.326 e. The highest BCUT2D eigenvalue weighted by Crippen LogP contribution is 2.21. The lowest BCUT2D eigenvalue weighted by Gasteiger charge is -2.07. The predicted molar refractivity (Wildman–Crippen MR) is 99.3 cm³/mol. The van der Waals surface area contributed by atoms with Gasteiger partial charge in [0.1, 0.15) is 0 Å². The number of carbonyl (C=O) groups is 1. The molecule has 0 radical (unpaired) electrons. The molecule has 0 spiro atoms. The fourth-order valence-corrected chi connectivity index (χ4v) is 3.26. The summed E-state index contributed by atoms with van der Waals surface area (Å²) < 4.78 is 1.69. The Balaban J connectivity index is 1.57. The van der Waals surface area contributed by atoms with Crippen molar-refractivity contribution in [2.45, 2.75) is 18.5 Å². The van der Waals surface area contributed by atoms with Crippen molar-refractivity contribution in [3.05, 3.63) is 59.1 Å². The standard InChI is InChI=1S/C17H16ClN5OS/c1-12-5-2-3-8-15(12)23-17(20-21-22-23)25-10-9-16(24)19-14-7-4-6-13(18)11-14/h2-8,11H,9-10H2,1H3,(H,19,24). The molecule has 8 heteroatoms. The number of aryl methyl sites for hydroxylation is 1. The SMILES string of the molecule is Cc1ccccc1-n1nnnc1SCCC(=O)Nc1cccc(Cl)c1. The third kappa shape index (κ3) is 4.58. The molecule has 0 aliphatic rings. The van der Waals surface area contributed by atoms with Gasteiger partial charge in [0.05, 0.1) is 5.69 Å². The second-order valence-electron chi connectivity index (χ2n) is 5.32. The molecule has 128 valence electrons. The number of benzene rings is 2. The van der Waals surface area contributed by atoms with E-state index in [9.17, 15) is 4.79 Å². The number of hydrogen-bond donors (Lipinski definition) is 1. The number of hydrogen-bond acceptors (Lipinski definition) is 5. The van der Waals surface area contributed by atoms with E-state index in [1.807, 2.05) is 31.2 Å². The van der Waals surface area contributed by atoms with Crippen molar-refractivity contribution in [2.75, 3.05) is 11.1 Å². The van der Waals surface area contributed by atoms with Crippen molar-refractivity contribution in [3.8, 4) is 5.69 Å². The number of rotatable bonds is 6. The maximum atomic E-state index is 12.0. The Labute approximate surface area is 154 Å². The maximum Gasteiger partial charge on any atom is 0.225 e. The van der Waals surface area contributed by atoms with E-state index in [4.69, 9.17) is 11.6 Å². The summed E-state index contributed by atoms with van der Waals surface area (Å²) in [7, 11) is 0. The lowest BCUT2D eigenvalue weighted by Crippen LogP contribution is -2.12. The van der Waals surface area contributed by atoms with Crippen LogP contribution in [0.25, 0.3) is 5.69 Å². The molecule has 0 aliphatic carbocycles. The van der Waals surface area contributed by atoms with E-state index in [0.717, 1.165) is 11.3 Å². The normalized spacial score (nSPS) is 10.6. The van der Waals surface area contributed by atoms with Gasteiger partial charge in [0.2, 0.25) is 11.1 Å². The van der Waals surface area contributed by atoms with Crippen molar-refractivity contribution < 1.29 is 4.79 Å². The van der Waals surface area contributed by atoms with Crippen LogP contribution in [-0.2, 0) is 4.79 Å². The lowest BCUT2D eigenvalue weighted by molar-refractivity contribution is -0.115. The summed E-state index contributed by atoms with van der Waals surface area (Å²) in [5.41, 5.74) is 2.70.